The van der Waals surface area contributed by atoms with Gasteiger partial charge in [-0.25, -0.2) is 4.39 Å². The van der Waals surface area contributed by atoms with Crippen LogP contribution in [0, 0.1) is 12.7 Å². The molecule has 0 saturated heterocycles. The summed E-state index contributed by atoms with van der Waals surface area (Å²) in [4.78, 5) is 12.0. The number of anilines is 1. The summed E-state index contributed by atoms with van der Waals surface area (Å²) >= 11 is 5.68. The minimum atomic E-state index is -0.479. The van der Waals surface area contributed by atoms with Gasteiger partial charge in [-0.2, -0.15) is 0 Å². The van der Waals surface area contributed by atoms with Crippen LogP contribution < -0.4 is 11.1 Å². The first-order valence-electron chi connectivity index (χ1n) is 6.05. The maximum atomic E-state index is 13.0. The van der Waals surface area contributed by atoms with E-state index in [0.717, 1.165) is 11.1 Å². The van der Waals surface area contributed by atoms with Gasteiger partial charge >= 0.3 is 0 Å². The third-order valence-corrected chi connectivity index (χ3v) is 3.27. The van der Waals surface area contributed by atoms with Crippen molar-refractivity contribution >= 4 is 23.2 Å². The highest BCUT2D eigenvalue weighted by atomic mass is 35.5. The van der Waals surface area contributed by atoms with E-state index in [2.05, 4.69) is 5.32 Å². The first-order valence-corrected chi connectivity index (χ1v) is 6.43. The molecule has 3 N–H and O–H groups in total. The van der Waals surface area contributed by atoms with Crippen LogP contribution in [0.1, 0.15) is 21.5 Å². The molecule has 0 aliphatic carbocycles. The number of hydrogen-bond acceptors (Lipinski definition) is 2. The number of benzene rings is 2. The fraction of sp³-hybridized carbons (Fsp3) is 0.133. The number of nitrogens with one attached hydrogen (secondary N) is 1. The molecule has 3 nitrogen and oxygen atoms in total. The van der Waals surface area contributed by atoms with Crippen LogP contribution >= 0.6 is 11.6 Å². The van der Waals surface area contributed by atoms with Crippen molar-refractivity contribution in [1.29, 1.82) is 0 Å². The quantitative estimate of drug-likeness (QED) is 0.853. The van der Waals surface area contributed by atoms with Crippen molar-refractivity contribution in [3.8, 4) is 0 Å². The van der Waals surface area contributed by atoms with Crippen LogP contribution in [-0.4, -0.2) is 5.91 Å². The van der Waals surface area contributed by atoms with Crippen LogP contribution in [0.3, 0.4) is 0 Å². The number of aryl methyl sites for hydroxylation is 1. The second-order valence-corrected chi connectivity index (χ2v) is 4.91. The van der Waals surface area contributed by atoms with Crippen molar-refractivity contribution in [3.63, 3.8) is 0 Å². The van der Waals surface area contributed by atoms with Gasteiger partial charge in [0.05, 0.1) is 5.02 Å². The summed E-state index contributed by atoms with van der Waals surface area (Å²) in [5.74, 6) is -0.717. The molecule has 0 aromatic heterocycles. The van der Waals surface area contributed by atoms with Crippen LogP contribution in [0.5, 0.6) is 0 Å². The average molecular weight is 293 g/mol. The number of hydrogen-bond donors (Lipinski definition) is 2. The molecule has 0 aliphatic rings. The Morgan fingerprint density at radius 1 is 1.30 bits per heavy atom. The van der Waals surface area contributed by atoms with Crippen molar-refractivity contribution in [2.75, 3.05) is 5.73 Å². The summed E-state index contributed by atoms with van der Waals surface area (Å²) in [6.07, 6.45) is 0. The van der Waals surface area contributed by atoms with Gasteiger partial charge in [0, 0.05) is 17.8 Å². The first kappa shape index (κ1) is 14.3. The Balaban J connectivity index is 2.04. The minimum absolute atomic E-state index is 0.0383. The normalized spacial score (nSPS) is 10.3. The Kier molecular flexibility index (Phi) is 4.25. The fourth-order valence-corrected chi connectivity index (χ4v) is 1.92. The van der Waals surface area contributed by atoms with Gasteiger partial charge in [-0.1, -0.05) is 23.7 Å². The average Bonchev–Trinajstić information content (AvgIpc) is 2.43. The third kappa shape index (κ3) is 3.27. The molecule has 20 heavy (non-hydrogen) atoms. The molecule has 2 aromatic carbocycles. The van der Waals surface area contributed by atoms with Crippen LogP contribution in [0.2, 0.25) is 5.02 Å². The predicted octanol–water partition coefficient (Wildman–Crippen LogP) is 3.30. The van der Waals surface area contributed by atoms with E-state index in [9.17, 15) is 9.18 Å². The fourth-order valence-electron chi connectivity index (χ4n) is 1.72. The molecule has 5 heteroatoms. The Bertz CT molecular complexity index is 658. The van der Waals surface area contributed by atoms with Gasteiger partial charge in [-0.3, -0.25) is 4.79 Å². The predicted molar refractivity (Wildman–Crippen MR) is 78.2 cm³/mol. The lowest BCUT2D eigenvalue weighted by molar-refractivity contribution is 0.0951. The number of rotatable bonds is 3. The molecule has 1 amide bonds. The second-order valence-electron chi connectivity index (χ2n) is 4.50. The highest BCUT2D eigenvalue weighted by Gasteiger charge is 2.07. The van der Waals surface area contributed by atoms with E-state index in [1.54, 1.807) is 24.3 Å². The molecule has 0 radical (unpaired) electrons. The van der Waals surface area contributed by atoms with E-state index in [4.69, 9.17) is 17.3 Å². The molecule has 104 valence electrons. The molecule has 2 rings (SSSR count). The van der Waals surface area contributed by atoms with E-state index in [-0.39, 0.29) is 17.5 Å². The van der Waals surface area contributed by atoms with Crippen molar-refractivity contribution < 1.29 is 9.18 Å². The van der Waals surface area contributed by atoms with Gasteiger partial charge in [0.25, 0.3) is 5.91 Å². The number of nitrogen functional groups attached to an aromatic ring is 1. The van der Waals surface area contributed by atoms with Crippen molar-refractivity contribution in [2.45, 2.75) is 13.5 Å². The Morgan fingerprint density at radius 2 is 2.05 bits per heavy atom. The van der Waals surface area contributed by atoms with Crippen molar-refractivity contribution in [2.24, 2.45) is 0 Å². The summed E-state index contributed by atoms with van der Waals surface area (Å²) in [6, 6.07) is 9.46. The molecular formula is C15H14ClFN2O. The highest BCUT2D eigenvalue weighted by Crippen LogP contribution is 2.16. The Hall–Kier alpha value is -2.07. The zero-order valence-corrected chi connectivity index (χ0v) is 11.7. The SMILES string of the molecule is Cc1ccc(C(=O)NCc2ccc(F)c(Cl)c2)cc1N. The molecule has 0 heterocycles. The topological polar surface area (TPSA) is 55.1 Å². The van der Waals surface area contributed by atoms with E-state index in [1.165, 1.54) is 12.1 Å². The zero-order chi connectivity index (χ0) is 14.7. The summed E-state index contributed by atoms with van der Waals surface area (Å²) in [5.41, 5.74) is 8.47. The number of halogens is 2. The summed E-state index contributed by atoms with van der Waals surface area (Å²) < 4.78 is 13.0. The highest BCUT2D eigenvalue weighted by molar-refractivity contribution is 6.30. The summed E-state index contributed by atoms with van der Waals surface area (Å²) in [7, 11) is 0. The summed E-state index contributed by atoms with van der Waals surface area (Å²) in [6.45, 7) is 2.14. The van der Waals surface area contributed by atoms with Gasteiger partial charge in [-0.05, 0) is 42.3 Å². The Morgan fingerprint density at radius 3 is 2.70 bits per heavy atom. The molecule has 0 fully saturated rings. The van der Waals surface area contributed by atoms with E-state index >= 15 is 0 Å². The number of carbonyl (C=O) groups is 1. The lowest BCUT2D eigenvalue weighted by atomic mass is 10.1. The molecular weight excluding hydrogens is 279 g/mol. The van der Waals surface area contributed by atoms with Gasteiger partial charge < -0.3 is 11.1 Å². The van der Waals surface area contributed by atoms with Crippen LogP contribution in [0.4, 0.5) is 10.1 Å². The molecule has 0 spiro atoms. The first-order chi connectivity index (χ1) is 9.47. The molecule has 0 bridgehead atoms. The van der Waals surface area contributed by atoms with Gasteiger partial charge in [0.2, 0.25) is 0 Å². The van der Waals surface area contributed by atoms with Crippen molar-refractivity contribution in [1.82, 2.24) is 5.32 Å². The lowest BCUT2D eigenvalue weighted by Crippen LogP contribution is -2.23. The summed E-state index contributed by atoms with van der Waals surface area (Å²) in [5, 5.41) is 2.77. The lowest BCUT2D eigenvalue weighted by Gasteiger charge is -2.08. The number of amides is 1. The van der Waals surface area contributed by atoms with Crippen LogP contribution in [0.15, 0.2) is 36.4 Å². The van der Waals surface area contributed by atoms with E-state index in [1.807, 2.05) is 6.92 Å². The minimum Gasteiger partial charge on any atom is -0.398 e. The largest absolute Gasteiger partial charge is 0.398 e. The molecule has 0 saturated carbocycles. The monoisotopic (exact) mass is 292 g/mol. The third-order valence-electron chi connectivity index (χ3n) is 2.98. The Labute approximate surface area is 121 Å². The molecule has 0 atom stereocenters. The number of nitrogens with two attached hydrogens (primary N) is 1. The van der Waals surface area contributed by atoms with E-state index < -0.39 is 5.82 Å². The second kappa shape index (κ2) is 5.92. The smallest absolute Gasteiger partial charge is 0.251 e. The molecule has 2 aromatic rings. The standard InChI is InChI=1S/C15H14ClFN2O/c1-9-2-4-11(7-14(9)18)15(20)19-8-10-3-5-13(17)12(16)6-10/h2-7H,8,18H2,1H3,(H,19,20). The van der Waals surface area contributed by atoms with Gasteiger partial charge in [0.1, 0.15) is 5.82 Å². The van der Waals surface area contributed by atoms with Crippen molar-refractivity contribution in [3.05, 3.63) is 63.9 Å². The van der Waals surface area contributed by atoms with Gasteiger partial charge in [-0.15, -0.1) is 0 Å². The number of carbonyl (C=O) groups excluding carboxylic acids is 1. The molecule has 0 unspecified atom stereocenters. The zero-order valence-electron chi connectivity index (χ0n) is 10.9. The van der Waals surface area contributed by atoms with E-state index in [0.29, 0.717) is 11.3 Å². The maximum absolute atomic E-state index is 13.0. The van der Waals surface area contributed by atoms with Crippen LogP contribution in [0.25, 0.3) is 0 Å². The molecule has 0 aliphatic heterocycles. The maximum Gasteiger partial charge on any atom is 0.251 e. The van der Waals surface area contributed by atoms with Crippen LogP contribution in [-0.2, 0) is 6.54 Å². The van der Waals surface area contributed by atoms with Gasteiger partial charge in [0.15, 0.2) is 0 Å².